The van der Waals surface area contributed by atoms with Crippen molar-refractivity contribution < 1.29 is 9.47 Å². The largest absolute Gasteiger partial charge is 0.493 e. The molecule has 1 aromatic rings. The number of hydrogen-bond acceptors (Lipinski definition) is 3. The Hall–Kier alpha value is -0.740. The molecule has 0 unspecified atom stereocenters. The fourth-order valence-corrected chi connectivity index (χ4v) is 2.63. The van der Waals surface area contributed by atoms with Gasteiger partial charge in [0.1, 0.15) is 0 Å². The van der Waals surface area contributed by atoms with E-state index in [4.69, 9.17) is 15.2 Å². The Morgan fingerprint density at radius 3 is 2.58 bits per heavy atom. The highest BCUT2D eigenvalue weighted by molar-refractivity contribution is 9.10. The quantitative estimate of drug-likeness (QED) is 0.869. The van der Waals surface area contributed by atoms with Crippen molar-refractivity contribution >= 4 is 15.9 Å². The van der Waals surface area contributed by atoms with E-state index in [2.05, 4.69) is 22.0 Å². The minimum atomic E-state index is -0.235. The number of nitrogens with two attached hydrogens (primary N) is 1. The van der Waals surface area contributed by atoms with Crippen molar-refractivity contribution in [1.29, 1.82) is 0 Å². The summed E-state index contributed by atoms with van der Waals surface area (Å²) in [6.07, 6.45) is 3.35. The highest BCUT2D eigenvalue weighted by atomic mass is 79.9. The number of hydrogen-bond donors (Lipinski definition) is 1. The molecule has 19 heavy (non-hydrogen) atoms. The van der Waals surface area contributed by atoms with Gasteiger partial charge in [0.2, 0.25) is 0 Å². The average molecular weight is 328 g/mol. The molecule has 0 amide bonds. The van der Waals surface area contributed by atoms with E-state index in [0.29, 0.717) is 0 Å². The Bertz CT molecular complexity index is 450. The van der Waals surface area contributed by atoms with Crippen LogP contribution in [0, 0.1) is 5.92 Å². The topological polar surface area (TPSA) is 44.5 Å². The van der Waals surface area contributed by atoms with Gasteiger partial charge in [0.05, 0.1) is 18.2 Å². The van der Waals surface area contributed by atoms with Crippen molar-refractivity contribution in [2.24, 2.45) is 11.7 Å². The van der Waals surface area contributed by atoms with Crippen LogP contribution in [0.3, 0.4) is 0 Å². The first-order chi connectivity index (χ1) is 8.89. The van der Waals surface area contributed by atoms with Crippen LogP contribution < -0.4 is 15.2 Å². The number of ether oxygens (including phenoxy) is 2. The summed E-state index contributed by atoms with van der Waals surface area (Å²) in [5.41, 5.74) is 6.98. The van der Waals surface area contributed by atoms with Gasteiger partial charge in [-0.25, -0.2) is 0 Å². The van der Waals surface area contributed by atoms with Crippen LogP contribution in [0.4, 0.5) is 0 Å². The molecule has 0 spiro atoms. The Morgan fingerprint density at radius 1 is 1.37 bits per heavy atom. The summed E-state index contributed by atoms with van der Waals surface area (Å²) in [6.45, 7) is 4.81. The lowest BCUT2D eigenvalue weighted by atomic mass is 9.96. The molecular formula is C15H22BrNO2. The van der Waals surface area contributed by atoms with Gasteiger partial charge in [0.15, 0.2) is 11.5 Å². The fourth-order valence-electron chi connectivity index (χ4n) is 2.03. The summed E-state index contributed by atoms with van der Waals surface area (Å²) in [7, 11) is 1.67. The predicted molar refractivity (Wildman–Crippen MR) is 80.9 cm³/mol. The third-order valence-electron chi connectivity index (χ3n) is 3.11. The molecule has 0 atom stereocenters. The van der Waals surface area contributed by atoms with Crippen molar-refractivity contribution in [2.75, 3.05) is 13.7 Å². The lowest BCUT2D eigenvalue weighted by Gasteiger charge is -2.20. The lowest BCUT2D eigenvalue weighted by Crippen LogP contribution is -2.34. The average Bonchev–Trinajstić information content (AvgIpc) is 3.08. The molecule has 0 heterocycles. The summed E-state index contributed by atoms with van der Waals surface area (Å²) in [5.74, 6) is 2.29. The van der Waals surface area contributed by atoms with E-state index in [1.807, 2.05) is 19.9 Å². The molecule has 0 aliphatic heterocycles. The smallest absolute Gasteiger partial charge is 0.175 e. The summed E-state index contributed by atoms with van der Waals surface area (Å²) in [5, 5.41) is 0. The molecule has 2 N–H and O–H groups in total. The highest BCUT2D eigenvalue weighted by Gasteiger charge is 2.23. The summed E-state index contributed by atoms with van der Waals surface area (Å²) >= 11 is 3.57. The van der Waals surface area contributed by atoms with Crippen molar-refractivity contribution in [3.8, 4) is 11.5 Å². The van der Waals surface area contributed by atoms with E-state index < -0.39 is 0 Å². The fraction of sp³-hybridized carbons (Fsp3) is 0.600. The second-order valence-corrected chi connectivity index (χ2v) is 6.88. The molecule has 106 valence electrons. The summed E-state index contributed by atoms with van der Waals surface area (Å²) in [4.78, 5) is 0. The van der Waals surface area contributed by atoms with Gasteiger partial charge in [0, 0.05) is 5.54 Å². The van der Waals surface area contributed by atoms with E-state index in [-0.39, 0.29) is 5.54 Å². The molecule has 0 bridgehead atoms. The third-order valence-corrected chi connectivity index (χ3v) is 3.70. The summed E-state index contributed by atoms with van der Waals surface area (Å²) in [6, 6.07) is 4.08. The maximum Gasteiger partial charge on any atom is 0.175 e. The van der Waals surface area contributed by atoms with Crippen LogP contribution in [0.5, 0.6) is 11.5 Å². The highest BCUT2D eigenvalue weighted by Crippen LogP contribution is 2.39. The molecule has 1 aromatic carbocycles. The van der Waals surface area contributed by atoms with Crippen LogP contribution in [0.1, 0.15) is 32.3 Å². The Morgan fingerprint density at radius 2 is 2.05 bits per heavy atom. The van der Waals surface area contributed by atoms with Crippen LogP contribution in [0.25, 0.3) is 0 Å². The van der Waals surface area contributed by atoms with Crippen LogP contribution in [-0.4, -0.2) is 19.3 Å². The monoisotopic (exact) mass is 327 g/mol. The molecule has 0 aromatic heterocycles. The predicted octanol–water partition coefficient (Wildman–Crippen LogP) is 3.53. The standard InChI is InChI=1S/C15H22BrNO2/c1-15(2,17)8-11-6-12(16)14(13(7-11)18-3)19-9-10-4-5-10/h6-7,10H,4-5,8-9,17H2,1-3H3. The second-order valence-electron chi connectivity index (χ2n) is 6.03. The van der Waals surface area contributed by atoms with Gasteiger partial charge in [-0.1, -0.05) is 0 Å². The van der Waals surface area contributed by atoms with Crippen molar-refractivity contribution in [1.82, 2.24) is 0 Å². The zero-order chi connectivity index (χ0) is 14.0. The zero-order valence-corrected chi connectivity index (χ0v) is 13.4. The van der Waals surface area contributed by atoms with Crippen LogP contribution >= 0.6 is 15.9 Å². The molecule has 0 radical (unpaired) electrons. The normalized spacial score (nSPS) is 15.4. The van der Waals surface area contributed by atoms with E-state index in [0.717, 1.165) is 40.5 Å². The third kappa shape index (κ3) is 4.39. The maximum atomic E-state index is 6.07. The minimum Gasteiger partial charge on any atom is -0.493 e. The van der Waals surface area contributed by atoms with Crippen molar-refractivity contribution in [3.05, 3.63) is 22.2 Å². The minimum absolute atomic E-state index is 0.235. The molecule has 1 fully saturated rings. The van der Waals surface area contributed by atoms with Crippen molar-refractivity contribution in [3.63, 3.8) is 0 Å². The van der Waals surface area contributed by atoms with Gasteiger partial charge < -0.3 is 15.2 Å². The van der Waals surface area contributed by atoms with E-state index >= 15 is 0 Å². The SMILES string of the molecule is COc1cc(CC(C)(C)N)cc(Br)c1OCC1CC1. The van der Waals surface area contributed by atoms with Crippen molar-refractivity contribution in [2.45, 2.75) is 38.6 Å². The first-order valence-electron chi connectivity index (χ1n) is 6.67. The van der Waals surface area contributed by atoms with Gasteiger partial charge in [-0.15, -0.1) is 0 Å². The molecule has 0 saturated heterocycles. The lowest BCUT2D eigenvalue weighted by molar-refractivity contribution is 0.278. The van der Waals surface area contributed by atoms with Gasteiger partial charge in [0.25, 0.3) is 0 Å². The van der Waals surface area contributed by atoms with Crippen LogP contribution in [0.15, 0.2) is 16.6 Å². The van der Waals surface area contributed by atoms with Gasteiger partial charge in [-0.3, -0.25) is 0 Å². The van der Waals surface area contributed by atoms with Crippen LogP contribution in [-0.2, 0) is 6.42 Å². The second kappa shape index (κ2) is 5.71. The number of halogens is 1. The van der Waals surface area contributed by atoms with Gasteiger partial charge in [-0.2, -0.15) is 0 Å². The zero-order valence-electron chi connectivity index (χ0n) is 11.8. The number of methoxy groups -OCH3 is 1. The van der Waals surface area contributed by atoms with Gasteiger partial charge in [-0.05, 0) is 72.7 Å². The first kappa shape index (κ1) is 14.7. The van der Waals surface area contributed by atoms with E-state index in [1.54, 1.807) is 7.11 Å². The molecule has 1 aliphatic rings. The van der Waals surface area contributed by atoms with Gasteiger partial charge >= 0.3 is 0 Å². The number of rotatable bonds is 6. The molecule has 4 heteroatoms. The molecule has 1 aliphatic carbocycles. The Labute approximate surface area is 123 Å². The number of benzene rings is 1. The molecule has 1 saturated carbocycles. The maximum absolute atomic E-state index is 6.07. The molecule has 3 nitrogen and oxygen atoms in total. The molecule has 2 rings (SSSR count). The van der Waals surface area contributed by atoms with E-state index in [1.165, 1.54) is 12.8 Å². The Balaban J connectivity index is 2.18. The Kier molecular flexibility index (Phi) is 4.41. The molecular weight excluding hydrogens is 306 g/mol. The van der Waals surface area contributed by atoms with E-state index in [9.17, 15) is 0 Å². The first-order valence-corrected chi connectivity index (χ1v) is 7.46. The summed E-state index contributed by atoms with van der Waals surface area (Å²) < 4.78 is 12.2. The van der Waals surface area contributed by atoms with Crippen LogP contribution in [0.2, 0.25) is 0 Å².